The Balaban J connectivity index is 3.38. The molecule has 0 heterocycles. The van der Waals surface area contributed by atoms with E-state index in [1.54, 1.807) is 0 Å². The molecule has 0 unspecified atom stereocenters. The van der Waals surface area contributed by atoms with E-state index in [0.717, 1.165) is 6.07 Å². The minimum Gasteiger partial charge on any atom is -0.481 e. The molecular formula is C9H8FNO4. The molecule has 5 nitrogen and oxygen atoms in total. The van der Waals surface area contributed by atoms with Crippen molar-refractivity contribution in [3.63, 3.8) is 0 Å². The molecule has 1 rings (SSSR count). The second-order valence-electron chi connectivity index (χ2n) is 3.02. The van der Waals surface area contributed by atoms with E-state index in [9.17, 15) is 19.3 Å². The van der Waals surface area contributed by atoms with Gasteiger partial charge in [0.05, 0.1) is 16.9 Å². The summed E-state index contributed by atoms with van der Waals surface area (Å²) in [4.78, 5) is 20.3. The monoisotopic (exact) mass is 213 g/mol. The average molecular weight is 213 g/mol. The highest BCUT2D eigenvalue weighted by Gasteiger charge is 2.22. The van der Waals surface area contributed by atoms with Gasteiger partial charge in [0, 0.05) is 5.56 Å². The summed E-state index contributed by atoms with van der Waals surface area (Å²) in [6, 6.07) is 2.28. The lowest BCUT2D eigenvalue weighted by atomic mass is 10.0. The second kappa shape index (κ2) is 4.04. The van der Waals surface area contributed by atoms with Gasteiger partial charge in [0.1, 0.15) is 5.82 Å². The van der Waals surface area contributed by atoms with Gasteiger partial charge in [-0.25, -0.2) is 4.39 Å². The van der Waals surface area contributed by atoms with Gasteiger partial charge in [-0.2, -0.15) is 0 Å². The van der Waals surface area contributed by atoms with Crippen LogP contribution in [0.4, 0.5) is 10.1 Å². The zero-order valence-electron chi connectivity index (χ0n) is 7.86. The van der Waals surface area contributed by atoms with Gasteiger partial charge in [-0.15, -0.1) is 0 Å². The third kappa shape index (κ3) is 2.28. The lowest BCUT2D eigenvalue weighted by molar-refractivity contribution is -0.386. The molecule has 0 aliphatic heterocycles. The van der Waals surface area contributed by atoms with Crippen LogP contribution in [0.25, 0.3) is 0 Å². The van der Waals surface area contributed by atoms with E-state index in [1.807, 2.05) is 0 Å². The van der Waals surface area contributed by atoms with E-state index in [0.29, 0.717) is 0 Å². The second-order valence-corrected chi connectivity index (χ2v) is 3.02. The number of nitro groups is 1. The van der Waals surface area contributed by atoms with E-state index < -0.39 is 28.8 Å². The Hall–Kier alpha value is -1.98. The molecule has 80 valence electrons. The topological polar surface area (TPSA) is 80.4 Å². The quantitative estimate of drug-likeness (QED) is 0.611. The van der Waals surface area contributed by atoms with Crippen molar-refractivity contribution in [3.05, 3.63) is 39.2 Å². The number of nitro benzene ring substituents is 1. The molecule has 1 aromatic rings. The van der Waals surface area contributed by atoms with Gasteiger partial charge in [0.2, 0.25) is 0 Å². The van der Waals surface area contributed by atoms with Gasteiger partial charge in [-0.1, -0.05) is 0 Å². The van der Waals surface area contributed by atoms with E-state index in [2.05, 4.69) is 0 Å². The Morgan fingerprint density at radius 1 is 1.60 bits per heavy atom. The van der Waals surface area contributed by atoms with Crippen LogP contribution in [-0.4, -0.2) is 16.0 Å². The molecule has 0 atom stereocenters. The lowest BCUT2D eigenvalue weighted by Gasteiger charge is -2.04. The molecule has 0 aliphatic carbocycles. The van der Waals surface area contributed by atoms with Crippen LogP contribution in [-0.2, 0) is 11.2 Å². The van der Waals surface area contributed by atoms with Gasteiger partial charge >= 0.3 is 5.97 Å². The molecule has 15 heavy (non-hydrogen) atoms. The number of hydrogen-bond acceptors (Lipinski definition) is 3. The predicted octanol–water partition coefficient (Wildman–Crippen LogP) is 1.67. The lowest BCUT2D eigenvalue weighted by Crippen LogP contribution is -2.07. The van der Waals surface area contributed by atoms with Gasteiger partial charge in [-0.3, -0.25) is 14.9 Å². The maximum absolute atomic E-state index is 13.2. The highest BCUT2D eigenvalue weighted by atomic mass is 19.1. The SMILES string of the molecule is Cc1ccc(F)c(CC(=O)O)c1[N+](=O)[O-]. The maximum Gasteiger partial charge on any atom is 0.308 e. The molecule has 6 heteroatoms. The smallest absolute Gasteiger partial charge is 0.308 e. The number of aryl methyl sites for hydroxylation is 1. The summed E-state index contributed by atoms with van der Waals surface area (Å²) in [5.74, 6) is -2.17. The summed E-state index contributed by atoms with van der Waals surface area (Å²) in [5, 5.41) is 19.1. The molecule has 1 N–H and O–H groups in total. The predicted molar refractivity (Wildman–Crippen MR) is 49.1 cm³/mol. The first-order chi connectivity index (χ1) is 6.93. The standard InChI is InChI=1S/C9H8FNO4/c1-5-2-3-7(10)6(4-8(12)13)9(5)11(14)15/h2-3H,4H2,1H3,(H,12,13). The molecule has 0 bridgehead atoms. The van der Waals surface area contributed by atoms with Crippen LogP contribution in [0.3, 0.4) is 0 Å². The van der Waals surface area contributed by atoms with Crippen LogP contribution in [0.15, 0.2) is 12.1 Å². The number of carboxylic acid groups (broad SMARTS) is 1. The van der Waals surface area contributed by atoms with Crippen molar-refractivity contribution < 1.29 is 19.2 Å². The number of nitrogens with zero attached hydrogens (tertiary/aromatic N) is 1. The molecule has 0 saturated heterocycles. The normalized spacial score (nSPS) is 10.0. The van der Waals surface area contributed by atoms with Crippen molar-refractivity contribution in [2.45, 2.75) is 13.3 Å². The number of carbonyl (C=O) groups is 1. The number of halogens is 1. The number of rotatable bonds is 3. The molecule has 0 aromatic heterocycles. The van der Waals surface area contributed by atoms with Crippen LogP contribution in [0.1, 0.15) is 11.1 Å². The van der Waals surface area contributed by atoms with Crippen molar-refractivity contribution in [1.82, 2.24) is 0 Å². The molecule has 0 amide bonds. The van der Waals surface area contributed by atoms with Crippen LogP contribution >= 0.6 is 0 Å². The Morgan fingerprint density at radius 2 is 2.20 bits per heavy atom. The summed E-state index contributed by atoms with van der Waals surface area (Å²) in [6.45, 7) is 1.43. The van der Waals surface area contributed by atoms with Crippen LogP contribution in [0.2, 0.25) is 0 Å². The number of hydrogen-bond donors (Lipinski definition) is 1. The van der Waals surface area contributed by atoms with E-state index in [1.165, 1.54) is 13.0 Å². The van der Waals surface area contributed by atoms with Crippen LogP contribution in [0.5, 0.6) is 0 Å². The maximum atomic E-state index is 13.2. The first-order valence-corrected chi connectivity index (χ1v) is 4.07. The Bertz CT molecular complexity index is 430. The van der Waals surface area contributed by atoms with Gasteiger partial charge in [-0.05, 0) is 19.1 Å². The fourth-order valence-corrected chi connectivity index (χ4v) is 1.30. The van der Waals surface area contributed by atoms with Crippen LogP contribution < -0.4 is 0 Å². The van der Waals surface area contributed by atoms with Crippen molar-refractivity contribution in [2.24, 2.45) is 0 Å². The highest BCUT2D eigenvalue weighted by Crippen LogP contribution is 2.26. The van der Waals surface area contributed by atoms with Gasteiger partial charge in [0.25, 0.3) is 5.69 Å². The Labute approximate surface area is 84.3 Å². The van der Waals surface area contributed by atoms with Crippen molar-refractivity contribution in [1.29, 1.82) is 0 Å². The third-order valence-corrected chi connectivity index (χ3v) is 1.94. The van der Waals surface area contributed by atoms with Crippen molar-refractivity contribution >= 4 is 11.7 Å². The van der Waals surface area contributed by atoms with Crippen molar-refractivity contribution in [3.8, 4) is 0 Å². The molecule has 0 fully saturated rings. The van der Waals surface area contributed by atoms with Crippen LogP contribution in [0, 0.1) is 22.9 Å². The minimum absolute atomic E-state index is 0.248. The number of benzene rings is 1. The summed E-state index contributed by atoms with van der Waals surface area (Å²) in [6.07, 6.45) is -0.691. The zero-order valence-corrected chi connectivity index (χ0v) is 7.86. The van der Waals surface area contributed by atoms with E-state index in [-0.39, 0.29) is 11.1 Å². The largest absolute Gasteiger partial charge is 0.481 e. The molecule has 0 saturated carbocycles. The fourth-order valence-electron chi connectivity index (χ4n) is 1.30. The summed E-state index contributed by atoms with van der Waals surface area (Å²) in [7, 11) is 0. The number of aliphatic carboxylic acids is 1. The van der Waals surface area contributed by atoms with E-state index in [4.69, 9.17) is 5.11 Å². The Kier molecular flexibility index (Phi) is 2.99. The highest BCUT2D eigenvalue weighted by molar-refractivity contribution is 5.72. The summed E-state index contributed by atoms with van der Waals surface area (Å²) < 4.78 is 13.2. The zero-order chi connectivity index (χ0) is 11.6. The summed E-state index contributed by atoms with van der Waals surface area (Å²) >= 11 is 0. The Morgan fingerprint density at radius 3 is 2.67 bits per heavy atom. The van der Waals surface area contributed by atoms with Gasteiger partial charge in [0.15, 0.2) is 0 Å². The minimum atomic E-state index is -1.30. The van der Waals surface area contributed by atoms with E-state index >= 15 is 0 Å². The first-order valence-electron chi connectivity index (χ1n) is 4.07. The molecule has 0 radical (unpaired) electrons. The number of carboxylic acids is 1. The third-order valence-electron chi connectivity index (χ3n) is 1.94. The summed E-state index contributed by atoms with van der Waals surface area (Å²) in [5.41, 5.74) is -0.595. The fraction of sp³-hybridized carbons (Fsp3) is 0.222. The molecule has 1 aromatic carbocycles. The van der Waals surface area contributed by atoms with Crippen molar-refractivity contribution in [2.75, 3.05) is 0 Å². The van der Waals surface area contributed by atoms with Gasteiger partial charge < -0.3 is 5.11 Å². The molecule has 0 spiro atoms. The molecule has 0 aliphatic rings. The first kappa shape index (κ1) is 11.1. The average Bonchev–Trinajstić information content (AvgIpc) is 2.10. The molecular weight excluding hydrogens is 205 g/mol.